The van der Waals surface area contributed by atoms with Gasteiger partial charge in [-0.1, -0.05) is 11.6 Å². The average Bonchev–Trinajstić information content (AvgIpc) is 3.51. The van der Waals surface area contributed by atoms with Crippen LogP contribution in [0.2, 0.25) is 5.02 Å². The van der Waals surface area contributed by atoms with Gasteiger partial charge in [-0.25, -0.2) is 4.68 Å². The van der Waals surface area contributed by atoms with Crippen LogP contribution in [0.3, 0.4) is 0 Å². The maximum Gasteiger partial charge on any atom is 0.256 e. The number of aryl methyl sites for hydroxylation is 2. The van der Waals surface area contributed by atoms with Crippen LogP contribution in [-0.2, 0) is 24.8 Å². The van der Waals surface area contributed by atoms with Crippen molar-refractivity contribution in [2.24, 2.45) is 7.05 Å². The van der Waals surface area contributed by atoms with Crippen LogP contribution in [0.4, 0.5) is 5.69 Å². The first-order valence-corrected chi connectivity index (χ1v) is 12.2. The number of halogens is 1. The van der Waals surface area contributed by atoms with Crippen LogP contribution in [0.25, 0.3) is 11.1 Å². The largest absolute Gasteiger partial charge is 0.481 e. The molecular weight excluding hydrogens is 496 g/mol. The van der Waals surface area contributed by atoms with Crippen molar-refractivity contribution in [3.63, 3.8) is 0 Å². The van der Waals surface area contributed by atoms with E-state index in [9.17, 15) is 14.4 Å². The first kappa shape index (κ1) is 26.4. The summed E-state index contributed by atoms with van der Waals surface area (Å²) in [6, 6.07) is 5.30. The van der Waals surface area contributed by atoms with Crippen LogP contribution in [0.15, 0.2) is 18.2 Å². The van der Waals surface area contributed by atoms with Gasteiger partial charge in [0.1, 0.15) is 0 Å². The summed E-state index contributed by atoms with van der Waals surface area (Å²) in [6.07, 6.45) is 0.934. The standard InChI is InChI=1S/C26H31ClN6O4/c1-14-7-18(21(13-34)28-14)25(36)32(4)15(2)11-31(3)12-20-23(26(37-6)33(5)30-20)16-8-17-10-22(35)29-24(17)19(27)9-16/h7-9,13,15,28H,10-12H2,1-6H3,(H,29,35)/t15-/m1/s1. The van der Waals surface area contributed by atoms with Crippen molar-refractivity contribution in [3.8, 4) is 17.0 Å². The molecule has 1 aliphatic heterocycles. The number of amides is 2. The van der Waals surface area contributed by atoms with Crippen molar-refractivity contribution >= 4 is 35.4 Å². The molecule has 1 aliphatic rings. The van der Waals surface area contributed by atoms with E-state index in [4.69, 9.17) is 21.4 Å². The van der Waals surface area contributed by atoms with Crippen LogP contribution < -0.4 is 10.1 Å². The summed E-state index contributed by atoms with van der Waals surface area (Å²) < 4.78 is 7.35. The number of benzene rings is 1. The number of anilines is 1. The van der Waals surface area contributed by atoms with Crippen LogP contribution in [0, 0.1) is 6.92 Å². The van der Waals surface area contributed by atoms with Crippen LogP contribution in [0.5, 0.6) is 5.88 Å². The molecule has 0 saturated heterocycles. The van der Waals surface area contributed by atoms with E-state index in [0.29, 0.717) is 41.5 Å². The zero-order chi connectivity index (χ0) is 27.0. The minimum atomic E-state index is -0.219. The monoisotopic (exact) mass is 526 g/mol. The summed E-state index contributed by atoms with van der Waals surface area (Å²) in [6.45, 7) is 4.80. The highest BCUT2D eigenvalue weighted by molar-refractivity contribution is 6.34. The number of carbonyl (C=O) groups excluding carboxylic acids is 3. The summed E-state index contributed by atoms with van der Waals surface area (Å²) in [5.41, 5.74) is 5.28. The number of nitrogens with zero attached hydrogens (tertiary/aromatic N) is 4. The average molecular weight is 527 g/mol. The topological polar surface area (TPSA) is 113 Å². The number of aromatic nitrogens is 3. The number of H-pyrrole nitrogens is 1. The molecule has 1 atom stereocenters. The van der Waals surface area contributed by atoms with E-state index in [0.717, 1.165) is 28.1 Å². The molecule has 2 amide bonds. The molecule has 1 aromatic carbocycles. The molecule has 0 bridgehead atoms. The molecule has 2 aromatic heterocycles. The van der Waals surface area contributed by atoms with E-state index in [2.05, 4.69) is 15.2 Å². The third-order valence-corrected chi connectivity index (χ3v) is 6.94. The number of aldehydes is 1. The Kier molecular flexibility index (Phi) is 7.42. The molecule has 37 heavy (non-hydrogen) atoms. The smallest absolute Gasteiger partial charge is 0.256 e. The molecule has 11 heteroatoms. The summed E-state index contributed by atoms with van der Waals surface area (Å²) in [5.74, 6) is 0.277. The lowest BCUT2D eigenvalue weighted by Gasteiger charge is -2.29. The molecule has 0 unspecified atom stereocenters. The maximum absolute atomic E-state index is 13.0. The highest BCUT2D eigenvalue weighted by atomic mass is 35.5. The van der Waals surface area contributed by atoms with Crippen molar-refractivity contribution in [3.05, 3.63) is 51.4 Å². The number of fused-ring (bicyclic) bond motifs is 1. The third-order valence-electron chi connectivity index (χ3n) is 6.64. The van der Waals surface area contributed by atoms with Gasteiger partial charge in [0.2, 0.25) is 11.8 Å². The zero-order valence-corrected chi connectivity index (χ0v) is 22.6. The van der Waals surface area contributed by atoms with E-state index in [1.807, 2.05) is 40.1 Å². The minimum Gasteiger partial charge on any atom is -0.481 e. The van der Waals surface area contributed by atoms with Crippen LogP contribution in [0.1, 0.15) is 44.7 Å². The second-order valence-electron chi connectivity index (χ2n) is 9.53. The second-order valence-corrected chi connectivity index (χ2v) is 9.94. The number of rotatable bonds is 9. The molecule has 0 fully saturated rings. The lowest BCUT2D eigenvalue weighted by atomic mass is 10.0. The van der Waals surface area contributed by atoms with Crippen molar-refractivity contribution < 1.29 is 19.1 Å². The van der Waals surface area contributed by atoms with Gasteiger partial charge in [0.15, 0.2) is 6.29 Å². The van der Waals surface area contributed by atoms with E-state index >= 15 is 0 Å². The van der Waals surface area contributed by atoms with Gasteiger partial charge in [-0.3, -0.25) is 19.3 Å². The van der Waals surface area contributed by atoms with Crippen molar-refractivity contribution in [2.45, 2.75) is 32.9 Å². The van der Waals surface area contributed by atoms with Crippen molar-refractivity contribution in [1.82, 2.24) is 24.6 Å². The van der Waals surface area contributed by atoms with Gasteiger partial charge in [0, 0.05) is 38.9 Å². The Bertz CT molecular complexity index is 1380. The zero-order valence-electron chi connectivity index (χ0n) is 21.8. The quantitative estimate of drug-likeness (QED) is 0.414. The van der Waals surface area contributed by atoms with E-state index in [-0.39, 0.29) is 30.0 Å². The molecule has 10 nitrogen and oxygen atoms in total. The number of likely N-dealkylation sites (N-methyl/N-ethyl adjacent to an activating group) is 2. The summed E-state index contributed by atoms with van der Waals surface area (Å²) in [4.78, 5) is 42.9. The van der Waals surface area contributed by atoms with Gasteiger partial charge in [0.25, 0.3) is 5.91 Å². The first-order chi connectivity index (χ1) is 17.5. The molecule has 196 valence electrons. The number of carbonyl (C=O) groups is 3. The van der Waals surface area contributed by atoms with Gasteiger partial charge in [0.05, 0.1) is 46.8 Å². The van der Waals surface area contributed by atoms with E-state index < -0.39 is 0 Å². The maximum atomic E-state index is 13.0. The predicted molar refractivity (Wildman–Crippen MR) is 141 cm³/mol. The normalized spacial score (nSPS) is 13.5. The molecule has 3 aromatic rings. The third kappa shape index (κ3) is 5.12. The Hall–Kier alpha value is -3.63. The molecule has 0 saturated carbocycles. The number of methoxy groups -OCH3 is 1. The Labute approximate surface area is 220 Å². The number of aromatic amines is 1. The SMILES string of the molecule is COc1c(-c2cc(Cl)c3c(c2)CC(=O)N3)c(CN(C)C[C@@H](C)N(C)C(=O)c2cc(C)[nH]c2C=O)nn1C. The molecule has 3 heterocycles. The fourth-order valence-corrected chi connectivity index (χ4v) is 5.09. The van der Waals surface area contributed by atoms with Crippen molar-refractivity contribution in [2.75, 3.05) is 33.1 Å². The Balaban J connectivity index is 1.55. The lowest BCUT2D eigenvalue weighted by Crippen LogP contribution is -2.42. The fourth-order valence-electron chi connectivity index (χ4n) is 4.80. The number of ether oxygens (including phenoxy) is 1. The van der Waals surface area contributed by atoms with Gasteiger partial charge in [-0.2, -0.15) is 5.10 Å². The second kappa shape index (κ2) is 10.4. The molecule has 4 rings (SSSR count). The molecule has 0 radical (unpaired) electrons. The van der Waals surface area contributed by atoms with E-state index in [1.54, 1.807) is 29.8 Å². The van der Waals surface area contributed by atoms with Gasteiger partial charge >= 0.3 is 0 Å². The van der Waals surface area contributed by atoms with Gasteiger partial charge < -0.3 is 19.9 Å². The van der Waals surface area contributed by atoms with Crippen LogP contribution >= 0.6 is 11.6 Å². The summed E-state index contributed by atoms with van der Waals surface area (Å²) in [7, 11) is 7.08. The molecular formula is C26H31ClN6O4. The fraction of sp³-hybridized carbons (Fsp3) is 0.385. The Morgan fingerprint density at radius 3 is 2.73 bits per heavy atom. The summed E-state index contributed by atoms with van der Waals surface area (Å²) >= 11 is 6.50. The molecule has 0 spiro atoms. The Morgan fingerprint density at radius 1 is 1.32 bits per heavy atom. The predicted octanol–water partition coefficient (Wildman–Crippen LogP) is 3.29. The highest BCUT2D eigenvalue weighted by Crippen LogP contribution is 2.40. The van der Waals surface area contributed by atoms with Gasteiger partial charge in [-0.15, -0.1) is 0 Å². The highest BCUT2D eigenvalue weighted by Gasteiger charge is 2.27. The molecule has 0 aliphatic carbocycles. The van der Waals surface area contributed by atoms with Crippen LogP contribution in [-0.4, -0.2) is 76.5 Å². The number of hydrogen-bond acceptors (Lipinski definition) is 6. The number of hydrogen-bond donors (Lipinski definition) is 2. The lowest BCUT2D eigenvalue weighted by molar-refractivity contribution is -0.115. The number of nitrogens with one attached hydrogen (secondary N) is 2. The summed E-state index contributed by atoms with van der Waals surface area (Å²) in [5, 5.41) is 7.96. The van der Waals surface area contributed by atoms with Gasteiger partial charge in [-0.05, 0) is 50.2 Å². The molecule has 2 N–H and O–H groups in total. The van der Waals surface area contributed by atoms with Crippen molar-refractivity contribution in [1.29, 1.82) is 0 Å². The minimum absolute atomic E-state index is 0.0881. The first-order valence-electron chi connectivity index (χ1n) is 11.9. The Morgan fingerprint density at radius 2 is 2.05 bits per heavy atom. The van der Waals surface area contributed by atoms with E-state index in [1.165, 1.54) is 0 Å².